The highest BCUT2D eigenvalue weighted by Crippen LogP contribution is 2.25. The molecular formula is C14H13N3. The lowest BCUT2D eigenvalue weighted by atomic mass is 10.1. The van der Waals surface area contributed by atoms with Crippen LogP contribution in [0.3, 0.4) is 0 Å². The number of pyridine rings is 1. The number of nitriles is 1. The summed E-state index contributed by atoms with van der Waals surface area (Å²) in [5.74, 6) is 0. The summed E-state index contributed by atoms with van der Waals surface area (Å²) >= 11 is 0. The summed E-state index contributed by atoms with van der Waals surface area (Å²) in [6.07, 6.45) is 4.16. The van der Waals surface area contributed by atoms with Gasteiger partial charge in [0.15, 0.2) is 0 Å². The average molecular weight is 223 g/mol. The molecule has 1 N–H and O–H groups in total. The van der Waals surface area contributed by atoms with Gasteiger partial charge in [-0.3, -0.25) is 10.3 Å². The Morgan fingerprint density at radius 2 is 2.24 bits per heavy atom. The fraction of sp³-hybridized carbons (Fsp3) is 0.286. The standard InChI is InChI=1S/C14H13N3/c15-9-14(17-12-4-5-12)11-3-6-13-10(8-11)2-1-7-16-13/h1-3,6-8,12,14,17H,4-5H2. The van der Waals surface area contributed by atoms with Crippen molar-refractivity contribution >= 4 is 10.9 Å². The summed E-state index contributed by atoms with van der Waals surface area (Å²) in [5, 5.41) is 13.6. The summed E-state index contributed by atoms with van der Waals surface area (Å²) in [4.78, 5) is 4.28. The quantitative estimate of drug-likeness (QED) is 0.869. The third kappa shape index (κ3) is 2.13. The average Bonchev–Trinajstić information content (AvgIpc) is 3.19. The number of nitrogens with zero attached hydrogens (tertiary/aromatic N) is 2. The lowest BCUT2D eigenvalue weighted by molar-refractivity contribution is 0.626. The number of hydrogen-bond donors (Lipinski definition) is 1. The van der Waals surface area contributed by atoms with Crippen molar-refractivity contribution in [3.63, 3.8) is 0 Å². The normalized spacial score (nSPS) is 16.6. The maximum Gasteiger partial charge on any atom is 0.121 e. The van der Waals surface area contributed by atoms with Gasteiger partial charge in [-0.1, -0.05) is 12.1 Å². The third-order valence-electron chi connectivity index (χ3n) is 3.07. The second kappa shape index (κ2) is 4.15. The molecule has 1 saturated carbocycles. The fourth-order valence-corrected chi connectivity index (χ4v) is 1.97. The molecule has 3 rings (SSSR count). The van der Waals surface area contributed by atoms with E-state index in [9.17, 15) is 5.26 Å². The molecule has 1 atom stereocenters. The largest absolute Gasteiger partial charge is 0.295 e. The molecule has 1 aliphatic rings. The van der Waals surface area contributed by atoms with Crippen LogP contribution in [0.25, 0.3) is 10.9 Å². The van der Waals surface area contributed by atoms with Gasteiger partial charge >= 0.3 is 0 Å². The van der Waals surface area contributed by atoms with E-state index in [1.54, 1.807) is 6.20 Å². The maximum atomic E-state index is 9.20. The zero-order valence-electron chi connectivity index (χ0n) is 9.43. The molecule has 3 nitrogen and oxygen atoms in total. The molecule has 0 amide bonds. The van der Waals surface area contributed by atoms with Crippen LogP contribution in [0.15, 0.2) is 36.5 Å². The highest BCUT2D eigenvalue weighted by atomic mass is 15.0. The Hall–Kier alpha value is -1.92. The van der Waals surface area contributed by atoms with Crippen LogP contribution in [0.2, 0.25) is 0 Å². The second-order valence-corrected chi connectivity index (χ2v) is 4.46. The first-order valence-electron chi connectivity index (χ1n) is 5.87. The molecule has 1 aliphatic carbocycles. The molecule has 1 unspecified atom stereocenters. The van der Waals surface area contributed by atoms with Gasteiger partial charge in [-0.15, -0.1) is 0 Å². The van der Waals surface area contributed by atoms with Crippen LogP contribution in [0.1, 0.15) is 24.4 Å². The Bertz CT molecular complexity index is 581. The Balaban J connectivity index is 1.95. The summed E-state index contributed by atoms with van der Waals surface area (Å²) in [5.41, 5.74) is 2.00. The van der Waals surface area contributed by atoms with Crippen LogP contribution < -0.4 is 5.32 Å². The lowest BCUT2D eigenvalue weighted by Gasteiger charge is -2.11. The van der Waals surface area contributed by atoms with Crippen LogP contribution in [-0.2, 0) is 0 Å². The van der Waals surface area contributed by atoms with E-state index in [-0.39, 0.29) is 6.04 Å². The minimum Gasteiger partial charge on any atom is -0.295 e. The van der Waals surface area contributed by atoms with Crippen LogP contribution in [0.5, 0.6) is 0 Å². The summed E-state index contributed by atoms with van der Waals surface area (Å²) < 4.78 is 0. The van der Waals surface area contributed by atoms with E-state index in [2.05, 4.69) is 16.4 Å². The van der Waals surface area contributed by atoms with E-state index in [1.165, 1.54) is 12.8 Å². The first-order chi connectivity index (χ1) is 8.36. The van der Waals surface area contributed by atoms with Gasteiger partial charge in [0.2, 0.25) is 0 Å². The predicted octanol–water partition coefficient (Wildman–Crippen LogP) is 2.55. The first kappa shape index (κ1) is 10.2. The minimum absolute atomic E-state index is 0.202. The molecule has 2 aromatic rings. The van der Waals surface area contributed by atoms with Gasteiger partial charge in [-0.2, -0.15) is 5.26 Å². The zero-order chi connectivity index (χ0) is 11.7. The van der Waals surface area contributed by atoms with Gasteiger partial charge in [-0.05, 0) is 36.6 Å². The monoisotopic (exact) mass is 223 g/mol. The molecule has 17 heavy (non-hydrogen) atoms. The molecule has 1 aromatic heterocycles. The number of hydrogen-bond acceptors (Lipinski definition) is 3. The van der Waals surface area contributed by atoms with Gasteiger partial charge in [0.05, 0.1) is 11.6 Å². The maximum absolute atomic E-state index is 9.20. The number of benzene rings is 1. The summed E-state index contributed by atoms with van der Waals surface area (Å²) in [6.45, 7) is 0. The van der Waals surface area contributed by atoms with Gasteiger partial charge in [0, 0.05) is 17.6 Å². The number of nitrogens with one attached hydrogen (secondary N) is 1. The third-order valence-corrected chi connectivity index (χ3v) is 3.07. The molecule has 0 radical (unpaired) electrons. The highest BCUT2D eigenvalue weighted by molar-refractivity contribution is 5.79. The van der Waals surface area contributed by atoms with Crippen molar-refractivity contribution in [2.75, 3.05) is 0 Å². The molecule has 0 spiro atoms. The fourth-order valence-electron chi connectivity index (χ4n) is 1.97. The molecule has 0 bridgehead atoms. The van der Waals surface area contributed by atoms with E-state index in [4.69, 9.17) is 0 Å². The molecule has 0 aliphatic heterocycles. The second-order valence-electron chi connectivity index (χ2n) is 4.46. The van der Waals surface area contributed by atoms with Crippen molar-refractivity contribution in [3.8, 4) is 6.07 Å². The number of aromatic nitrogens is 1. The van der Waals surface area contributed by atoms with Gasteiger partial charge < -0.3 is 0 Å². The van der Waals surface area contributed by atoms with Crippen molar-refractivity contribution in [2.45, 2.75) is 24.9 Å². The van der Waals surface area contributed by atoms with Crippen LogP contribution in [0.4, 0.5) is 0 Å². The molecule has 84 valence electrons. The molecular weight excluding hydrogens is 210 g/mol. The van der Waals surface area contributed by atoms with Crippen molar-refractivity contribution in [3.05, 3.63) is 42.1 Å². The van der Waals surface area contributed by atoms with Crippen molar-refractivity contribution < 1.29 is 0 Å². The predicted molar refractivity (Wildman–Crippen MR) is 66.3 cm³/mol. The van der Waals surface area contributed by atoms with Gasteiger partial charge in [0.25, 0.3) is 0 Å². The van der Waals surface area contributed by atoms with Crippen molar-refractivity contribution in [1.82, 2.24) is 10.3 Å². The Kier molecular flexibility index (Phi) is 2.50. The highest BCUT2D eigenvalue weighted by Gasteiger charge is 2.25. The van der Waals surface area contributed by atoms with Crippen LogP contribution >= 0.6 is 0 Å². The molecule has 0 saturated heterocycles. The minimum atomic E-state index is -0.202. The van der Waals surface area contributed by atoms with Crippen LogP contribution in [-0.4, -0.2) is 11.0 Å². The number of fused-ring (bicyclic) bond motifs is 1. The molecule has 1 heterocycles. The van der Waals surface area contributed by atoms with E-state index >= 15 is 0 Å². The van der Waals surface area contributed by atoms with Crippen LogP contribution in [0, 0.1) is 11.3 Å². The van der Waals surface area contributed by atoms with Crippen molar-refractivity contribution in [1.29, 1.82) is 5.26 Å². The van der Waals surface area contributed by atoms with Crippen molar-refractivity contribution in [2.24, 2.45) is 0 Å². The van der Waals surface area contributed by atoms with E-state index < -0.39 is 0 Å². The molecule has 3 heteroatoms. The SMILES string of the molecule is N#CC(NC1CC1)c1ccc2ncccc2c1. The topological polar surface area (TPSA) is 48.7 Å². The summed E-state index contributed by atoms with van der Waals surface area (Å²) in [7, 11) is 0. The lowest BCUT2D eigenvalue weighted by Crippen LogP contribution is -2.21. The Labute approximate surface area is 100 Å². The van der Waals surface area contributed by atoms with Gasteiger partial charge in [-0.25, -0.2) is 0 Å². The smallest absolute Gasteiger partial charge is 0.121 e. The summed E-state index contributed by atoms with van der Waals surface area (Å²) in [6, 6.07) is 12.6. The molecule has 1 fully saturated rings. The Morgan fingerprint density at radius 1 is 1.35 bits per heavy atom. The van der Waals surface area contributed by atoms with Gasteiger partial charge in [0.1, 0.15) is 6.04 Å². The number of rotatable bonds is 3. The van der Waals surface area contributed by atoms with E-state index in [0.29, 0.717) is 6.04 Å². The zero-order valence-corrected chi connectivity index (χ0v) is 9.43. The van der Waals surface area contributed by atoms with E-state index in [0.717, 1.165) is 16.5 Å². The van der Waals surface area contributed by atoms with E-state index in [1.807, 2.05) is 30.3 Å². The molecule has 1 aromatic carbocycles. The Morgan fingerprint density at radius 3 is 3.00 bits per heavy atom. The first-order valence-corrected chi connectivity index (χ1v) is 5.87.